The first-order valence-corrected chi connectivity index (χ1v) is 8.75. The van der Waals surface area contributed by atoms with Gasteiger partial charge in [0.2, 0.25) is 0 Å². The maximum absolute atomic E-state index is 5.95. The van der Waals surface area contributed by atoms with Crippen molar-refractivity contribution in [1.82, 2.24) is 0 Å². The molecule has 20 heavy (non-hydrogen) atoms. The van der Waals surface area contributed by atoms with Gasteiger partial charge < -0.3 is 22.8 Å². The van der Waals surface area contributed by atoms with Crippen LogP contribution < -0.4 is 4.43 Å². The summed E-state index contributed by atoms with van der Waals surface area (Å²) in [5, 5.41) is 0. The van der Waals surface area contributed by atoms with Crippen LogP contribution in [0.15, 0.2) is 30.3 Å². The van der Waals surface area contributed by atoms with Crippen molar-refractivity contribution < 1.29 is 22.8 Å². The number of ether oxygens (including phenoxy) is 2. The van der Waals surface area contributed by atoms with Crippen molar-refractivity contribution >= 4 is 8.80 Å². The molecule has 1 heterocycles. The normalized spacial score (nSPS) is 18.0. The molecule has 1 aliphatic heterocycles. The first kappa shape index (κ1) is 15.5. The fourth-order valence-corrected chi connectivity index (χ4v) is 3.78. The summed E-state index contributed by atoms with van der Waals surface area (Å²) in [4.78, 5) is 0. The Kier molecular flexibility index (Phi) is 5.99. The Morgan fingerprint density at radius 3 is 2.50 bits per heavy atom. The smallest absolute Gasteiger partial charge is 0.501 e. The van der Waals surface area contributed by atoms with Crippen molar-refractivity contribution in [1.29, 1.82) is 0 Å². The Balaban J connectivity index is 1.77. The molecular weight excluding hydrogens is 276 g/mol. The van der Waals surface area contributed by atoms with Gasteiger partial charge in [0, 0.05) is 26.9 Å². The third-order valence-corrected chi connectivity index (χ3v) is 5.87. The summed E-state index contributed by atoms with van der Waals surface area (Å²) in [5.41, 5.74) is 0. The maximum Gasteiger partial charge on any atom is 0.565 e. The fourth-order valence-electron chi connectivity index (χ4n) is 1.86. The zero-order chi connectivity index (χ0) is 14.3. The Morgan fingerprint density at radius 2 is 1.90 bits per heavy atom. The van der Waals surface area contributed by atoms with E-state index in [1.165, 1.54) is 0 Å². The van der Waals surface area contributed by atoms with E-state index in [1.807, 2.05) is 30.3 Å². The number of hydrogen-bond donors (Lipinski definition) is 0. The van der Waals surface area contributed by atoms with Crippen molar-refractivity contribution in [3.63, 3.8) is 0 Å². The highest BCUT2D eigenvalue weighted by atomic mass is 28.4. The van der Waals surface area contributed by atoms with E-state index in [-0.39, 0.29) is 0 Å². The van der Waals surface area contributed by atoms with Gasteiger partial charge in [-0.05, 0) is 18.6 Å². The zero-order valence-corrected chi connectivity index (χ0v) is 13.0. The third-order valence-electron chi connectivity index (χ3n) is 3.12. The van der Waals surface area contributed by atoms with Gasteiger partial charge in [0.25, 0.3) is 0 Å². The molecule has 1 aromatic carbocycles. The number of benzene rings is 1. The van der Waals surface area contributed by atoms with Crippen LogP contribution in [-0.4, -0.2) is 48.9 Å². The molecule has 0 N–H and O–H groups in total. The zero-order valence-electron chi connectivity index (χ0n) is 12.0. The van der Waals surface area contributed by atoms with Gasteiger partial charge in [-0.25, -0.2) is 0 Å². The monoisotopic (exact) mass is 298 g/mol. The summed E-state index contributed by atoms with van der Waals surface area (Å²) in [6.45, 7) is 2.17. The number of rotatable bonds is 10. The van der Waals surface area contributed by atoms with E-state index in [0.717, 1.165) is 24.8 Å². The molecule has 1 fully saturated rings. The largest absolute Gasteiger partial charge is 0.565 e. The third kappa shape index (κ3) is 4.88. The minimum Gasteiger partial charge on any atom is -0.501 e. The molecule has 2 rings (SSSR count). The summed E-state index contributed by atoms with van der Waals surface area (Å²) >= 11 is 0. The van der Waals surface area contributed by atoms with Crippen LogP contribution in [0.3, 0.4) is 0 Å². The lowest BCUT2D eigenvalue weighted by atomic mass is 10.3. The second-order valence-electron chi connectivity index (χ2n) is 4.64. The first-order chi connectivity index (χ1) is 9.78. The van der Waals surface area contributed by atoms with Crippen molar-refractivity contribution in [2.45, 2.75) is 18.6 Å². The first-order valence-electron chi connectivity index (χ1n) is 6.82. The molecular formula is C14H22O5Si. The predicted molar refractivity (Wildman–Crippen MR) is 76.8 cm³/mol. The predicted octanol–water partition coefficient (Wildman–Crippen LogP) is 2.10. The molecule has 0 spiro atoms. The lowest BCUT2D eigenvalue weighted by Crippen LogP contribution is -2.47. The number of para-hydroxylation sites is 1. The van der Waals surface area contributed by atoms with E-state index in [9.17, 15) is 0 Å². The van der Waals surface area contributed by atoms with Crippen LogP contribution in [0.25, 0.3) is 0 Å². The van der Waals surface area contributed by atoms with Gasteiger partial charge in [0.05, 0.1) is 13.2 Å². The van der Waals surface area contributed by atoms with E-state index in [4.69, 9.17) is 22.8 Å². The lowest BCUT2D eigenvalue weighted by Gasteiger charge is -2.26. The van der Waals surface area contributed by atoms with Crippen LogP contribution in [0, 0.1) is 0 Å². The summed E-state index contributed by atoms with van der Waals surface area (Å²) in [5.74, 6) is 0.773. The number of epoxide rings is 1. The average Bonchev–Trinajstić information content (AvgIpc) is 3.31. The van der Waals surface area contributed by atoms with Gasteiger partial charge in [-0.2, -0.15) is 0 Å². The Hall–Kier alpha value is -0.923. The molecule has 112 valence electrons. The Labute approximate surface area is 121 Å². The molecule has 6 heteroatoms. The standard InChI is InChI=1S/C14H22O5Si/c1-15-20(16-2,19-13-7-4-3-5-8-13)10-6-9-17-11-14-12-18-14/h3-5,7-8,14H,6,9-12H2,1-2H3. The maximum atomic E-state index is 5.95. The van der Waals surface area contributed by atoms with Crippen LogP contribution in [0.1, 0.15) is 6.42 Å². The molecule has 0 aliphatic carbocycles. The highest BCUT2D eigenvalue weighted by Crippen LogP contribution is 2.21. The SMILES string of the molecule is CO[Si](CCCOCC1CO1)(OC)Oc1ccccc1. The van der Waals surface area contributed by atoms with Gasteiger partial charge in [-0.3, -0.25) is 0 Å². The van der Waals surface area contributed by atoms with Crippen molar-refractivity contribution in [3.05, 3.63) is 30.3 Å². The topological polar surface area (TPSA) is 49.5 Å². The molecule has 1 saturated heterocycles. The van der Waals surface area contributed by atoms with Crippen LogP contribution >= 0.6 is 0 Å². The second-order valence-corrected chi connectivity index (χ2v) is 7.53. The van der Waals surface area contributed by atoms with Gasteiger partial charge in [-0.1, -0.05) is 18.2 Å². The van der Waals surface area contributed by atoms with Gasteiger partial charge in [0.15, 0.2) is 0 Å². The minimum absolute atomic E-state index is 0.308. The summed E-state index contributed by atoms with van der Waals surface area (Å²) in [6.07, 6.45) is 1.15. The van der Waals surface area contributed by atoms with Crippen LogP contribution in [-0.2, 0) is 18.3 Å². The summed E-state index contributed by atoms with van der Waals surface area (Å²) < 4.78 is 27.7. The van der Waals surface area contributed by atoms with Gasteiger partial charge >= 0.3 is 8.80 Å². The molecule has 1 unspecified atom stereocenters. The lowest BCUT2D eigenvalue weighted by molar-refractivity contribution is 0.109. The van der Waals surface area contributed by atoms with E-state index in [1.54, 1.807) is 14.2 Å². The van der Waals surface area contributed by atoms with E-state index in [0.29, 0.717) is 19.3 Å². The minimum atomic E-state index is -2.66. The molecule has 0 saturated carbocycles. The molecule has 0 bridgehead atoms. The highest BCUT2D eigenvalue weighted by molar-refractivity contribution is 6.61. The van der Waals surface area contributed by atoms with Crippen LogP contribution in [0.5, 0.6) is 5.75 Å². The summed E-state index contributed by atoms with van der Waals surface area (Å²) in [7, 11) is 0.616. The Bertz CT molecular complexity index is 378. The van der Waals surface area contributed by atoms with Gasteiger partial charge in [-0.15, -0.1) is 0 Å². The van der Waals surface area contributed by atoms with E-state index in [2.05, 4.69) is 0 Å². The van der Waals surface area contributed by atoms with Crippen molar-refractivity contribution in [3.8, 4) is 5.75 Å². The molecule has 1 aliphatic rings. The van der Waals surface area contributed by atoms with Gasteiger partial charge in [0.1, 0.15) is 11.9 Å². The molecule has 1 aromatic rings. The van der Waals surface area contributed by atoms with E-state index >= 15 is 0 Å². The molecule has 0 amide bonds. The quantitative estimate of drug-likeness (QED) is 0.376. The second kappa shape index (κ2) is 7.75. The number of hydrogen-bond acceptors (Lipinski definition) is 5. The molecule has 5 nitrogen and oxygen atoms in total. The van der Waals surface area contributed by atoms with Crippen molar-refractivity contribution in [2.24, 2.45) is 0 Å². The molecule has 1 atom stereocenters. The fraction of sp³-hybridized carbons (Fsp3) is 0.571. The molecule has 0 radical (unpaired) electrons. The summed E-state index contributed by atoms with van der Waals surface area (Å²) in [6, 6.07) is 10.3. The van der Waals surface area contributed by atoms with Crippen LogP contribution in [0.2, 0.25) is 6.04 Å². The molecule has 0 aromatic heterocycles. The highest BCUT2D eigenvalue weighted by Gasteiger charge is 2.41. The van der Waals surface area contributed by atoms with Crippen LogP contribution in [0.4, 0.5) is 0 Å². The van der Waals surface area contributed by atoms with Crippen molar-refractivity contribution in [2.75, 3.05) is 34.0 Å². The van der Waals surface area contributed by atoms with E-state index < -0.39 is 8.80 Å². The Morgan fingerprint density at radius 1 is 1.20 bits per heavy atom. The average molecular weight is 298 g/mol.